The lowest BCUT2D eigenvalue weighted by Gasteiger charge is -2.31. The fourth-order valence-corrected chi connectivity index (χ4v) is 7.29. The van der Waals surface area contributed by atoms with Crippen LogP contribution in [-0.4, -0.2) is 75.9 Å². The van der Waals surface area contributed by atoms with Gasteiger partial charge in [-0.05, 0) is 49.9 Å². The smallest absolute Gasteiger partial charge is 0.251 e. The summed E-state index contributed by atoms with van der Waals surface area (Å²) in [5, 5.41) is 15.7. The first-order valence-electron chi connectivity index (χ1n) is 15.8. The minimum atomic E-state index is -0.297. The number of fused-ring (bicyclic) bond motifs is 2. The first-order chi connectivity index (χ1) is 22.7. The van der Waals surface area contributed by atoms with Crippen LogP contribution in [0, 0.1) is 18.8 Å². The summed E-state index contributed by atoms with van der Waals surface area (Å²) in [7, 11) is 7.93. The maximum absolute atomic E-state index is 12.6. The molecule has 3 aromatic heterocycles. The molecule has 2 fully saturated rings. The second-order valence-electron chi connectivity index (χ2n) is 12.6. The standard InChI is InChI=1S/C35H39N9O3/c1-7-32(45)37-27-14-28(31(46-6)15-30(27)44(5)23-12-21-17-42(3)18-22(21)13-23)38-35-36-16-25(34-41-40-20(2)47-34)33(39-35)26-19-43(4)29-11-9-8-10-24(26)29/h7-11,14-16,19,21-23H,1,12-13,17-18H2,2-6H3,(H,37,45)(H,36,38,39). The molecule has 1 saturated heterocycles. The number of aromatic nitrogens is 5. The molecule has 0 bridgehead atoms. The molecule has 242 valence electrons. The molecule has 1 aliphatic heterocycles. The zero-order valence-electron chi connectivity index (χ0n) is 27.3. The summed E-state index contributed by atoms with van der Waals surface area (Å²) in [6.07, 6.45) is 7.21. The Morgan fingerprint density at radius 3 is 2.57 bits per heavy atom. The van der Waals surface area contributed by atoms with Crippen LogP contribution in [0.3, 0.4) is 0 Å². The number of hydrogen-bond acceptors (Lipinski definition) is 10. The summed E-state index contributed by atoms with van der Waals surface area (Å²) in [5.74, 6) is 2.79. The molecule has 12 heteroatoms. The lowest BCUT2D eigenvalue weighted by molar-refractivity contribution is -0.111. The van der Waals surface area contributed by atoms with E-state index >= 15 is 0 Å². The average molecular weight is 634 g/mol. The minimum Gasteiger partial charge on any atom is -0.494 e. The molecule has 0 spiro atoms. The van der Waals surface area contributed by atoms with Crippen molar-refractivity contribution in [3.63, 3.8) is 0 Å². The Morgan fingerprint density at radius 2 is 1.87 bits per heavy atom. The van der Waals surface area contributed by atoms with Gasteiger partial charge in [-0.25, -0.2) is 9.97 Å². The monoisotopic (exact) mass is 633 g/mol. The van der Waals surface area contributed by atoms with Crippen molar-refractivity contribution in [3.8, 4) is 28.5 Å². The van der Waals surface area contributed by atoms with Gasteiger partial charge in [-0.15, -0.1) is 10.2 Å². The normalized spacial score (nSPS) is 19.1. The van der Waals surface area contributed by atoms with Crippen LogP contribution < -0.4 is 20.3 Å². The summed E-state index contributed by atoms with van der Waals surface area (Å²) < 4.78 is 13.8. The van der Waals surface area contributed by atoms with Crippen molar-refractivity contribution in [1.82, 2.24) is 29.6 Å². The molecule has 2 atom stereocenters. The van der Waals surface area contributed by atoms with Crippen LogP contribution in [0.2, 0.25) is 0 Å². The van der Waals surface area contributed by atoms with Gasteiger partial charge in [-0.1, -0.05) is 24.8 Å². The number of rotatable bonds is 9. The maximum atomic E-state index is 12.6. The lowest BCUT2D eigenvalue weighted by Crippen LogP contribution is -2.32. The summed E-state index contributed by atoms with van der Waals surface area (Å²) in [6.45, 7) is 7.68. The van der Waals surface area contributed by atoms with Crippen molar-refractivity contribution in [2.24, 2.45) is 18.9 Å². The average Bonchev–Trinajstić information content (AvgIpc) is 3.84. The van der Waals surface area contributed by atoms with Gasteiger partial charge in [0.05, 0.1) is 35.4 Å². The van der Waals surface area contributed by atoms with Crippen molar-refractivity contribution < 1.29 is 13.9 Å². The van der Waals surface area contributed by atoms with E-state index < -0.39 is 0 Å². The highest BCUT2D eigenvalue weighted by molar-refractivity contribution is 6.02. The zero-order chi connectivity index (χ0) is 32.8. The second kappa shape index (κ2) is 12.2. The lowest BCUT2D eigenvalue weighted by atomic mass is 10.0. The van der Waals surface area contributed by atoms with Crippen LogP contribution in [0.4, 0.5) is 23.0 Å². The molecule has 12 nitrogen and oxygen atoms in total. The van der Waals surface area contributed by atoms with Crippen molar-refractivity contribution in [3.05, 3.63) is 67.3 Å². The third kappa shape index (κ3) is 5.69. The van der Waals surface area contributed by atoms with E-state index in [9.17, 15) is 4.79 Å². The molecule has 2 aliphatic rings. The Hall–Kier alpha value is -5.23. The Morgan fingerprint density at radius 1 is 1.11 bits per heavy atom. The number of para-hydroxylation sites is 1. The highest BCUT2D eigenvalue weighted by Crippen LogP contribution is 2.44. The van der Waals surface area contributed by atoms with Gasteiger partial charge in [0.15, 0.2) is 0 Å². The second-order valence-corrected chi connectivity index (χ2v) is 12.6. The number of hydrogen-bond donors (Lipinski definition) is 2. The number of aryl methyl sites for hydroxylation is 2. The van der Waals surface area contributed by atoms with Gasteiger partial charge in [-0.2, -0.15) is 0 Å². The minimum absolute atomic E-state index is 0.297. The van der Waals surface area contributed by atoms with Gasteiger partial charge < -0.3 is 34.2 Å². The number of carbonyl (C=O) groups is 1. The predicted molar refractivity (Wildman–Crippen MR) is 183 cm³/mol. The Balaban J connectivity index is 1.28. The largest absolute Gasteiger partial charge is 0.494 e. The molecule has 7 rings (SSSR count). The van der Waals surface area contributed by atoms with Crippen molar-refractivity contribution in [2.75, 3.05) is 49.8 Å². The van der Waals surface area contributed by atoms with Crippen LogP contribution in [0.15, 0.2) is 65.9 Å². The van der Waals surface area contributed by atoms with Crippen LogP contribution in [-0.2, 0) is 11.8 Å². The quantitative estimate of drug-likeness (QED) is 0.197. The van der Waals surface area contributed by atoms with E-state index in [-0.39, 0.29) is 5.91 Å². The molecule has 1 aliphatic carbocycles. The number of methoxy groups -OCH3 is 1. The SMILES string of the molecule is C=CC(=O)Nc1cc(Nc2ncc(-c3nnc(C)o3)c(-c3cn(C)c4ccccc34)n2)c(OC)cc1N(C)C1CC2CN(C)CC2C1. The van der Waals surface area contributed by atoms with E-state index in [0.29, 0.717) is 64.0 Å². The van der Waals surface area contributed by atoms with E-state index in [0.717, 1.165) is 48.1 Å². The number of nitrogens with one attached hydrogen (secondary N) is 2. The van der Waals surface area contributed by atoms with Gasteiger partial charge in [-0.3, -0.25) is 4.79 Å². The van der Waals surface area contributed by atoms with Crippen LogP contribution in [0.5, 0.6) is 5.75 Å². The molecule has 2 unspecified atom stereocenters. The van der Waals surface area contributed by atoms with Gasteiger partial charge in [0.25, 0.3) is 5.89 Å². The molecular formula is C35H39N9O3. The number of nitrogens with zero attached hydrogens (tertiary/aromatic N) is 7. The third-order valence-corrected chi connectivity index (χ3v) is 9.54. The Bertz CT molecular complexity index is 1970. The number of amides is 1. The van der Waals surface area contributed by atoms with Crippen molar-refractivity contribution >= 4 is 39.8 Å². The summed E-state index contributed by atoms with van der Waals surface area (Å²) in [5.41, 5.74) is 5.32. The predicted octanol–water partition coefficient (Wildman–Crippen LogP) is 5.65. The zero-order valence-corrected chi connectivity index (χ0v) is 27.3. The van der Waals surface area contributed by atoms with Crippen LogP contribution >= 0.6 is 0 Å². The van der Waals surface area contributed by atoms with Gasteiger partial charge in [0.1, 0.15) is 5.75 Å². The van der Waals surface area contributed by atoms with Gasteiger partial charge >= 0.3 is 0 Å². The van der Waals surface area contributed by atoms with Crippen LogP contribution in [0.1, 0.15) is 18.7 Å². The number of anilines is 4. The Kier molecular flexibility index (Phi) is 7.88. The molecule has 0 radical (unpaired) electrons. The number of benzene rings is 2. The van der Waals surface area contributed by atoms with Crippen molar-refractivity contribution in [1.29, 1.82) is 0 Å². The molecule has 47 heavy (non-hydrogen) atoms. The summed E-state index contributed by atoms with van der Waals surface area (Å²) in [4.78, 5) is 27.0. The number of likely N-dealkylation sites (tertiary alicyclic amines) is 1. The van der Waals surface area contributed by atoms with E-state index in [1.54, 1.807) is 20.2 Å². The number of carbonyl (C=O) groups excluding carboxylic acids is 1. The molecule has 2 aromatic carbocycles. The Labute approximate surface area is 273 Å². The topological polar surface area (TPSA) is 126 Å². The van der Waals surface area contributed by atoms with Crippen LogP contribution in [0.25, 0.3) is 33.6 Å². The highest BCUT2D eigenvalue weighted by Gasteiger charge is 2.41. The molecule has 2 N–H and O–H groups in total. The van der Waals surface area contributed by atoms with Gasteiger partial charge in [0.2, 0.25) is 17.7 Å². The first-order valence-corrected chi connectivity index (χ1v) is 15.8. The summed E-state index contributed by atoms with van der Waals surface area (Å²) in [6, 6.07) is 12.3. The first kappa shape index (κ1) is 30.4. The van der Waals surface area contributed by atoms with E-state index in [1.165, 1.54) is 6.08 Å². The third-order valence-electron chi connectivity index (χ3n) is 9.54. The fourth-order valence-electron chi connectivity index (χ4n) is 7.29. The molecule has 5 aromatic rings. The van der Waals surface area contributed by atoms with Gasteiger partial charge in [0, 0.05) is 75.1 Å². The van der Waals surface area contributed by atoms with Crippen molar-refractivity contribution in [2.45, 2.75) is 25.8 Å². The van der Waals surface area contributed by atoms with E-state index in [1.807, 2.05) is 37.5 Å². The molecule has 1 amide bonds. The highest BCUT2D eigenvalue weighted by atomic mass is 16.5. The maximum Gasteiger partial charge on any atom is 0.251 e. The summed E-state index contributed by atoms with van der Waals surface area (Å²) >= 11 is 0. The fraction of sp³-hybridized carbons (Fsp3) is 0.343. The van der Waals surface area contributed by atoms with E-state index in [4.69, 9.17) is 14.1 Å². The van der Waals surface area contributed by atoms with E-state index in [2.05, 4.69) is 73.0 Å². The molecule has 1 saturated carbocycles. The molecule has 4 heterocycles. The number of ether oxygens (including phenoxy) is 1. The molecular weight excluding hydrogens is 594 g/mol.